The Kier molecular flexibility index (Phi) is 5.42. The highest BCUT2D eigenvalue weighted by Crippen LogP contribution is 2.45. The van der Waals surface area contributed by atoms with Crippen molar-refractivity contribution in [1.82, 2.24) is 9.78 Å². The molecule has 158 valence electrons. The predicted octanol–water partition coefficient (Wildman–Crippen LogP) is 5.18. The fraction of sp³-hybridized carbons (Fsp3) is 0.391. The number of ether oxygens (including phenoxy) is 2. The van der Waals surface area contributed by atoms with Crippen molar-refractivity contribution in [3.8, 4) is 21.9 Å². The second-order valence-electron chi connectivity index (χ2n) is 8.43. The van der Waals surface area contributed by atoms with E-state index < -0.39 is 17.7 Å². The Balaban J connectivity index is 1.94. The maximum Gasteiger partial charge on any atom is 0.337 e. The first-order valence-corrected chi connectivity index (χ1v) is 10.9. The minimum Gasteiger partial charge on any atom is -0.493 e. The van der Waals surface area contributed by atoms with Gasteiger partial charge in [0, 0.05) is 28.4 Å². The molecule has 0 amide bonds. The topological polar surface area (TPSA) is 73.6 Å². The molecule has 0 saturated carbocycles. The molecule has 1 aliphatic heterocycles. The molecule has 3 heterocycles. The molecule has 0 aliphatic carbocycles. The van der Waals surface area contributed by atoms with E-state index in [0.29, 0.717) is 5.56 Å². The number of aryl methyl sites for hydroxylation is 2. The lowest BCUT2D eigenvalue weighted by atomic mass is 9.94. The Hall–Kier alpha value is -2.64. The third-order valence-electron chi connectivity index (χ3n) is 4.98. The van der Waals surface area contributed by atoms with Crippen LogP contribution in [0.3, 0.4) is 0 Å². The number of carboxylic acid groups (broad SMARTS) is 1. The summed E-state index contributed by atoms with van der Waals surface area (Å²) in [5.41, 5.74) is 3.02. The third kappa shape index (κ3) is 4.00. The molecule has 3 aromatic rings. The molecule has 4 rings (SSSR count). The largest absolute Gasteiger partial charge is 0.493 e. The minimum absolute atomic E-state index is 0.607. The van der Waals surface area contributed by atoms with Crippen molar-refractivity contribution in [2.75, 3.05) is 6.61 Å². The Morgan fingerprint density at radius 2 is 2.17 bits per heavy atom. The number of hydrogen-bond donors (Lipinski definition) is 1. The average molecular weight is 427 g/mol. The van der Waals surface area contributed by atoms with E-state index in [1.54, 1.807) is 10.9 Å². The first-order chi connectivity index (χ1) is 14.2. The van der Waals surface area contributed by atoms with Gasteiger partial charge >= 0.3 is 5.97 Å². The molecule has 7 heteroatoms. The van der Waals surface area contributed by atoms with E-state index in [1.807, 2.05) is 52.1 Å². The van der Waals surface area contributed by atoms with Gasteiger partial charge in [-0.2, -0.15) is 5.10 Å². The average Bonchev–Trinajstić information content (AvgIpc) is 3.32. The maximum absolute atomic E-state index is 12.3. The third-order valence-corrected chi connectivity index (χ3v) is 6.09. The first kappa shape index (κ1) is 20.6. The normalized spacial score (nSPS) is 14.8. The molecular weight excluding hydrogens is 400 g/mol. The monoisotopic (exact) mass is 426 g/mol. The van der Waals surface area contributed by atoms with Gasteiger partial charge in [-0.25, -0.2) is 9.48 Å². The molecule has 1 aromatic carbocycles. The van der Waals surface area contributed by atoms with Crippen molar-refractivity contribution in [2.24, 2.45) is 0 Å². The van der Waals surface area contributed by atoms with E-state index in [9.17, 15) is 9.90 Å². The Labute approximate surface area is 180 Å². The van der Waals surface area contributed by atoms with Crippen LogP contribution in [0.4, 0.5) is 0 Å². The van der Waals surface area contributed by atoms with Crippen LogP contribution in [0.25, 0.3) is 16.1 Å². The number of aromatic nitrogens is 2. The van der Waals surface area contributed by atoms with Crippen LogP contribution in [0, 0.1) is 6.92 Å². The number of aliphatic carboxylic acids is 1. The fourth-order valence-corrected chi connectivity index (χ4v) is 4.93. The predicted molar refractivity (Wildman–Crippen MR) is 117 cm³/mol. The highest BCUT2D eigenvalue weighted by atomic mass is 32.1. The lowest BCUT2D eigenvalue weighted by Gasteiger charge is -2.26. The standard InChI is InChI=1S/C23H26N2O4S/c1-14-18(20(22(26)27)29-23(2,3)4)19(21(30-14)25-11-6-10-24-25)16-8-9-17-15(13-16)7-5-12-28-17/h6,8-11,13,20H,5,7,12H2,1-4H3,(H,26,27). The minimum atomic E-state index is -1.08. The van der Waals surface area contributed by atoms with Gasteiger partial charge in [0.2, 0.25) is 0 Å². The van der Waals surface area contributed by atoms with E-state index in [-0.39, 0.29) is 0 Å². The van der Waals surface area contributed by atoms with Gasteiger partial charge in [-0.1, -0.05) is 6.07 Å². The van der Waals surface area contributed by atoms with Crippen LogP contribution in [0.2, 0.25) is 0 Å². The molecule has 0 radical (unpaired) electrons. The lowest BCUT2D eigenvalue weighted by Crippen LogP contribution is -2.27. The van der Waals surface area contributed by atoms with E-state index in [0.717, 1.165) is 51.8 Å². The summed E-state index contributed by atoms with van der Waals surface area (Å²) in [4.78, 5) is 13.2. The zero-order valence-corrected chi connectivity index (χ0v) is 18.5. The molecule has 0 bridgehead atoms. The fourth-order valence-electron chi connectivity index (χ4n) is 3.79. The van der Waals surface area contributed by atoms with Crippen molar-refractivity contribution >= 4 is 17.3 Å². The summed E-state index contributed by atoms with van der Waals surface area (Å²) in [6.45, 7) is 8.28. The summed E-state index contributed by atoms with van der Waals surface area (Å²) in [7, 11) is 0. The molecule has 2 aromatic heterocycles. The molecular formula is C23H26N2O4S. The highest BCUT2D eigenvalue weighted by Gasteiger charge is 2.34. The van der Waals surface area contributed by atoms with Crippen LogP contribution < -0.4 is 4.74 Å². The van der Waals surface area contributed by atoms with E-state index in [2.05, 4.69) is 11.2 Å². The van der Waals surface area contributed by atoms with Gasteiger partial charge in [-0.15, -0.1) is 11.3 Å². The molecule has 30 heavy (non-hydrogen) atoms. The molecule has 0 saturated heterocycles. The number of fused-ring (bicyclic) bond motifs is 1. The molecule has 1 atom stereocenters. The van der Waals surface area contributed by atoms with Crippen molar-refractivity contribution in [3.05, 3.63) is 52.7 Å². The van der Waals surface area contributed by atoms with Crippen molar-refractivity contribution < 1.29 is 19.4 Å². The van der Waals surface area contributed by atoms with Gasteiger partial charge in [0.1, 0.15) is 10.8 Å². The summed E-state index contributed by atoms with van der Waals surface area (Å²) in [5, 5.41) is 15.3. The zero-order valence-electron chi connectivity index (χ0n) is 17.6. The maximum atomic E-state index is 12.3. The van der Waals surface area contributed by atoms with Crippen molar-refractivity contribution in [3.63, 3.8) is 0 Å². The van der Waals surface area contributed by atoms with Crippen LogP contribution >= 0.6 is 11.3 Å². The van der Waals surface area contributed by atoms with Gasteiger partial charge in [0.05, 0.1) is 12.2 Å². The lowest BCUT2D eigenvalue weighted by molar-refractivity contribution is -0.160. The zero-order chi connectivity index (χ0) is 21.5. The summed E-state index contributed by atoms with van der Waals surface area (Å²) >= 11 is 1.53. The molecule has 0 spiro atoms. The SMILES string of the molecule is Cc1sc(-n2cccn2)c(-c2ccc3c(c2)CCCO3)c1C(OC(C)(C)C)C(=O)O. The molecule has 1 aliphatic rings. The van der Waals surface area contributed by atoms with Crippen molar-refractivity contribution in [1.29, 1.82) is 0 Å². The molecule has 1 N–H and O–H groups in total. The Bertz CT molecular complexity index is 1060. The quantitative estimate of drug-likeness (QED) is 0.609. The number of carbonyl (C=O) groups is 1. The number of benzene rings is 1. The number of thiophene rings is 1. The van der Waals surface area contributed by atoms with Crippen LogP contribution in [0.5, 0.6) is 5.75 Å². The molecule has 1 unspecified atom stereocenters. The van der Waals surface area contributed by atoms with Gasteiger partial charge in [0.25, 0.3) is 0 Å². The van der Waals surface area contributed by atoms with E-state index >= 15 is 0 Å². The molecule has 6 nitrogen and oxygen atoms in total. The summed E-state index contributed by atoms with van der Waals surface area (Å²) in [5.74, 6) is -0.0970. The number of carboxylic acids is 1. The van der Waals surface area contributed by atoms with Crippen LogP contribution in [0.15, 0.2) is 36.7 Å². The highest BCUT2D eigenvalue weighted by molar-refractivity contribution is 7.15. The van der Waals surface area contributed by atoms with Crippen LogP contribution in [0.1, 0.15) is 49.3 Å². The van der Waals surface area contributed by atoms with Gasteiger partial charge < -0.3 is 14.6 Å². The first-order valence-electron chi connectivity index (χ1n) is 10.0. The second-order valence-corrected chi connectivity index (χ2v) is 9.63. The van der Waals surface area contributed by atoms with E-state index in [1.165, 1.54) is 11.3 Å². The Morgan fingerprint density at radius 1 is 1.37 bits per heavy atom. The van der Waals surface area contributed by atoms with E-state index in [4.69, 9.17) is 9.47 Å². The van der Waals surface area contributed by atoms with Crippen LogP contribution in [-0.2, 0) is 16.0 Å². The van der Waals surface area contributed by atoms with Gasteiger partial charge in [-0.3, -0.25) is 0 Å². The number of rotatable bonds is 5. The number of nitrogens with zero attached hydrogens (tertiary/aromatic N) is 2. The summed E-state index contributed by atoms with van der Waals surface area (Å²) in [6.07, 6.45) is 4.44. The second kappa shape index (κ2) is 7.89. The Morgan fingerprint density at radius 3 is 2.83 bits per heavy atom. The smallest absolute Gasteiger partial charge is 0.337 e. The van der Waals surface area contributed by atoms with Gasteiger partial charge in [-0.05, 0) is 69.9 Å². The van der Waals surface area contributed by atoms with Crippen molar-refractivity contribution in [2.45, 2.75) is 52.2 Å². The van der Waals surface area contributed by atoms with Crippen LogP contribution in [-0.4, -0.2) is 33.1 Å². The van der Waals surface area contributed by atoms with Gasteiger partial charge in [0.15, 0.2) is 6.10 Å². The number of hydrogen-bond acceptors (Lipinski definition) is 5. The molecule has 0 fully saturated rings. The summed E-state index contributed by atoms with van der Waals surface area (Å²) < 4.78 is 13.6. The summed E-state index contributed by atoms with van der Waals surface area (Å²) in [6, 6.07) is 7.95.